The minimum Gasteiger partial charge on any atom is -0.465 e. The van der Waals surface area contributed by atoms with E-state index in [1.165, 1.54) is 23.1 Å². The molecule has 0 spiro atoms. The number of hydrogen-bond donors (Lipinski definition) is 3. The van der Waals surface area contributed by atoms with Crippen molar-refractivity contribution in [1.29, 1.82) is 0 Å². The lowest BCUT2D eigenvalue weighted by molar-refractivity contribution is 0.0980. The smallest absolute Gasteiger partial charge is 0.407 e. The summed E-state index contributed by atoms with van der Waals surface area (Å²) in [5.41, 5.74) is -0.0421. The number of aromatic nitrogens is 2. The quantitative estimate of drug-likeness (QED) is 0.321. The lowest BCUT2D eigenvalue weighted by atomic mass is 9.91. The van der Waals surface area contributed by atoms with Crippen LogP contribution in [0.25, 0.3) is 0 Å². The molecule has 0 aromatic carbocycles. The zero-order valence-corrected chi connectivity index (χ0v) is 23.3. The number of carbonyl (C=O) groups is 2. The fourth-order valence-corrected chi connectivity index (χ4v) is 5.61. The Balaban J connectivity index is 1.58. The van der Waals surface area contributed by atoms with E-state index in [1.807, 2.05) is 39.3 Å². The molecule has 3 rings (SSSR count). The molecule has 1 atom stereocenters. The third kappa shape index (κ3) is 7.10. The van der Waals surface area contributed by atoms with Crippen LogP contribution in [0.3, 0.4) is 0 Å². The molecule has 0 unspecified atom stereocenters. The topological polar surface area (TPSA) is 142 Å². The van der Waals surface area contributed by atoms with Crippen LogP contribution in [0.4, 0.5) is 10.6 Å². The first-order valence-electron chi connectivity index (χ1n) is 12.1. The summed E-state index contributed by atoms with van der Waals surface area (Å²) in [5, 5.41) is 12.1. The number of amides is 2. The second kappa shape index (κ2) is 10.8. The molecular formula is C25H34ClN5O5S. The highest BCUT2D eigenvalue weighted by atomic mass is 35.5. The Kier molecular flexibility index (Phi) is 8.38. The summed E-state index contributed by atoms with van der Waals surface area (Å²) >= 11 is 6.16. The molecule has 202 valence electrons. The number of likely N-dealkylation sites (tertiary alicyclic amines) is 1. The van der Waals surface area contributed by atoms with Crippen molar-refractivity contribution >= 4 is 39.4 Å². The predicted octanol–water partition coefficient (Wildman–Crippen LogP) is 4.52. The summed E-state index contributed by atoms with van der Waals surface area (Å²) < 4.78 is 27.6. The van der Waals surface area contributed by atoms with Gasteiger partial charge in [-0.1, -0.05) is 38.4 Å². The maximum absolute atomic E-state index is 12.8. The summed E-state index contributed by atoms with van der Waals surface area (Å²) in [5.74, 6) is -0.280. The number of carbonyl (C=O) groups excluding carboxylic acids is 1. The molecule has 0 saturated carbocycles. The van der Waals surface area contributed by atoms with Crippen LogP contribution in [0, 0.1) is 5.92 Å². The average Bonchev–Trinajstić information content (AvgIpc) is 3.10. The number of rotatable bonds is 8. The van der Waals surface area contributed by atoms with Crippen molar-refractivity contribution in [1.82, 2.24) is 19.6 Å². The Labute approximate surface area is 222 Å². The number of pyridine rings is 2. The van der Waals surface area contributed by atoms with Crippen molar-refractivity contribution in [3.63, 3.8) is 0 Å². The van der Waals surface area contributed by atoms with Gasteiger partial charge in [0.05, 0.1) is 5.56 Å². The largest absolute Gasteiger partial charge is 0.465 e. The molecule has 2 amide bonds. The van der Waals surface area contributed by atoms with Gasteiger partial charge in [-0.3, -0.25) is 4.79 Å². The molecule has 3 N–H and O–H groups in total. The zero-order valence-electron chi connectivity index (χ0n) is 21.7. The van der Waals surface area contributed by atoms with E-state index in [0.717, 1.165) is 19.3 Å². The van der Waals surface area contributed by atoms with Gasteiger partial charge in [0, 0.05) is 29.7 Å². The molecule has 0 aliphatic carbocycles. The summed E-state index contributed by atoms with van der Waals surface area (Å²) in [4.78, 5) is 33.9. The van der Waals surface area contributed by atoms with Gasteiger partial charge in [-0.15, -0.1) is 0 Å². The first kappa shape index (κ1) is 28.6. The van der Waals surface area contributed by atoms with Crippen molar-refractivity contribution in [2.45, 2.75) is 69.9 Å². The lowest BCUT2D eigenvalue weighted by Gasteiger charge is -2.28. The normalized spacial score (nSPS) is 17.5. The first-order valence-corrected chi connectivity index (χ1v) is 13.9. The van der Waals surface area contributed by atoms with Crippen molar-refractivity contribution in [3.8, 4) is 0 Å². The molecule has 0 radical (unpaired) electrons. The number of nitrogens with one attached hydrogen (secondary N) is 2. The summed E-state index contributed by atoms with van der Waals surface area (Å²) in [6.07, 6.45) is 1.49. The maximum atomic E-state index is 12.8. The molecule has 2 aromatic heterocycles. The van der Waals surface area contributed by atoms with E-state index in [9.17, 15) is 23.1 Å². The van der Waals surface area contributed by atoms with Crippen molar-refractivity contribution in [3.05, 3.63) is 46.7 Å². The van der Waals surface area contributed by atoms with Crippen molar-refractivity contribution in [2.75, 3.05) is 18.4 Å². The fourth-order valence-electron chi connectivity index (χ4n) is 4.44. The van der Waals surface area contributed by atoms with E-state index in [-0.39, 0.29) is 32.6 Å². The SMILES string of the molecule is CC(C)(C)c1ccc(C(=O)NS(=O)(=O)c2cccc(NCCC[C@@H]3CN(C(=O)O)C(C)(C)C3)n2)c(Cl)n1. The van der Waals surface area contributed by atoms with Crippen LogP contribution in [0.1, 0.15) is 69.9 Å². The number of nitrogens with zero attached hydrogens (tertiary/aromatic N) is 3. The van der Waals surface area contributed by atoms with E-state index in [1.54, 1.807) is 12.1 Å². The molecular weight excluding hydrogens is 518 g/mol. The van der Waals surface area contributed by atoms with E-state index in [4.69, 9.17) is 11.6 Å². The standard InChI is InChI=1S/C25H34ClN5O5S/c1-24(2,3)18-12-11-17(21(26)28-18)22(32)30-37(35,36)20-10-6-9-19(29-20)27-13-7-8-16-14-25(4,5)31(15-16)23(33)34/h6,9-12,16H,7-8,13-15H2,1-5H3,(H,27,29)(H,30,32)(H,33,34)/t16-/m0/s1. The van der Waals surface area contributed by atoms with Gasteiger partial charge in [0.25, 0.3) is 15.9 Å². The molecule has 12 heteroatoms. The Morgan fingerprint density at radius 3 is 2.49 bits per heavy atom. The Bertz CT molecular complexity index is 1280. The molecule has 1 aliphatic rings. The van der Waals surface area contributed by atoms with Gasteiger partial charge in [-0.25, -0.2) is 19.5 Å². The third-order valence-corrected chi connectivity index (χ3v) is 7.89. The third-order valence-electron chi connectivity index (χ3n) is 6.37. The van der Waals surface area contributed by atoms with E-state index in [0.29, 0.717) is 24.6 Å². The molecule has 1 fully saturated rings. The number of halogens is 1. The highest BCUT2D eigenvalue weighted by Crippen LogP contribution is 2.34. The second-order valence-electron chi connectivity index (χ2n) is 10.9. The molecule has 2 aromatic rings. The van der Waals surface area contributed by atoms with Crippen LogP contribution in [0.2, 0.25) is 5.15 Å². The van der Waals surface area contributed by atoms with Gasteiger partial charge in [0.2, 0.25) is 0 Å². The molecule has 10 nitrogen and oxygen atoms in total. The second-order valence-corrected chi connectivity index (χ2v) is 12.9. The Hall–Kier alpha value is -2.92. The highest BCUT2D eigenvalue weighted by molar-refractivity contribution is 7.90. The zero-order chi connectivity index (χ0) is 27.6. The first-order chi connectivity index (χ1) is 17.1. The van der Waals surface area contributed by atoms with Crippen LogP contribution in [0.5, 0.6) is 0 Å². The molecule has 1 aliphatic heterocycles. The average molecular weight is 552 g/mol. The number of hydrogen-bond acceptors (Lipinski definition) is 7. The Morgan fingerprint density at radius 2 is 1.89 bits per heavy atom. The number of anilines is 1. The van der Waals surface area contributed by atoms with Crippen LogP contribution in [-0.4, -0.2) is 59.0 Å². The lowest BCUT2D eigenvalue weighted by Crippen LogP contribution is -2.41. The van der Waals surface area contributed by atoms with Crippen LogP contribution in [0.15, 0.2) is 35.4 Å². The maximum Gasteiger partial charge on any atom is 0.407 e. The van der Waals surface area contributed by atoms with Gasteiger partial charge in [0.1, 0.15) is 11.0 Å². The van der Waals surface area contributed by atoms with Gasteiger partial charge >= 0.3 is 6.09 Å². The van der Waals surface area contributed by atoms with Gasteiger partial charge in [-0.05, 0) is 63.3 Å². The fraction of sp³-hybridized carbons (Fsp3) is 0.520. The highest BCUT2D eigenvalue weighted by Gasteiger charge is 2.40. The monoisotopic (exact) mass is 551 g/mol. The van der Waals surface area contributed by atoms with Gasteiger partial charge in [0.15, 0.2) is 5.03 Å². The molecule has 1 saturated heterocycles. The molecule has 37 heavy (non-hydrogen) atoms. The summed E-state index contributed by atoms with van der Waals surface area (Å²) in [6.45, 7) is 10.8. The molecule has 3 heterocycles. The number of sulfonamides is 1. The Morgan fingerprint density at radius 1 is 1.19 bits per heavy atom. The van der Waals surface area contributed by atoms with Gasteiger partial charge in [-0.2, -0.15) is 8.42 Å². The minimum absolute atomic E-state index is 0.0518. The van der Waals surface area contributed by atoms with Crippen LogP contribution in [-0.2, 0) is 15.4 Å². The van der Waals surface area contributed by atoms with Crippen LogP contribution >= 0.6 is 11.6 Å². The molecule has 0 bridgehead atoms. The van der Waals surface area contributed by atoms with Crippen molar-refractivity contribution in [2.24, 2.45) is 5.92 Å². The number of carboxylic acid groups (broad SMARTS) is 1. The van der Waals surface area contributed by atoms with Crippen molar-refractivity contribution < 1.29 is 23.1 Å². The van der Waals surface area contributed by atoms with Gasteiger partial charge < -0.3 is 15.3 Å². The van der Waals surface area contributed by atoms with E-state index >= 15 is 0 Å². The van der Waals surface area contributed by atoms with E-state index in [2.05, 4.69) is 15.3 Å². The predicted molar refractivity (Wildman–Crippen MR) is 141 cm³/mol. The minimum atomic E-state index is -4.25. The van der Waals surface area contributed by atoms with E-state index < -0.39 is 22.0 Å². The summed E-state index contributed by atoms with van der Waals surface area (Å²) in [7, 11) is -4.25. The summed E-state index contributed by atoms with van der Waals surface area (Å²) in [6, 6.07) is 7.56. The van der Waals surface area contributed by atoms with Crippen LogP contribution < -0.4 is 10.0 Å².